The highest BCUT2D eigenvalue weighted by Gasteiger charge is 2.37. The summed E-state index contributed by atoms with van der Waals surface area (Å²) in [5, 5.41) is 3.62. The molecule has 0 spiro atoms. The number of hydrogen-bond donors (Lipinski definition) is 1. The van der Waals surface area contributed by atoms with Crippen LogP contribution in [0.15, 0.2) is 29.2 Å². The first-order valence-electron chi connectivity index (χ1n) is 7.18. The summed E-state index contributed by atoms with van der Waals surface area (Å²) in [6.45, 7) is 6.60. The van der Waals surface area contributed by atoms with Gasteiger partial charge >= 0.3 is 0 Å². The highest BCUT2D eigenvalue weighted by molar-refractivity contribution is 7.85. The van der Waals surface area contributed by atoms with Crippen LogP contribution in [0.25, 0.3) is 0 Å². The smallest absolute Gasteiger partial charge is 0.0582 e. The van der Waals surface area contributed by atoms with Gasteiger partial charge in [0.25, 0.3) is 0 Å². The number of rotatable bonds is 3. The van der Waals surface area contributed by atoms with Gasteiger partial charge in [-0.1, -0.05) is 32.0 Å². The molecule has 0 radical (unpaired) electrons. The summed E-state index contributed by atoms with van der Waals surface area (Å²) in [7, 11) is 1.08. The quantitative estimate of drug-likeness (QED) is 0.921. The molecule has 1 aromatic carbocycles. The van der Waals surface area contributed by atoms with Crippen molar-refractivity contribution in [2.24, 2.45) is 11.8 Å². The van der Waals surface area contributed by atoms with E-state index in [2.05, 4.69) is 32.2 Å². The van der Waals surface area contributed by atoms with Crippen LogP contribution in [0.3, 0.4) is 0 Å². The molecule has 1 aromatic rings. The van der Waals surface area contributed by atoms with Gasteiger partial charge in [0, 0.05) is 10.9 Å². The van der Waals surface area contributed by atoms with E-state index in [1.54, 1.807) is 0 Å². The Labute approximate surface area is 119 Å². The van der Waals surface area contributed by atoms with Gasteiger partial charge in [0.15, 0.2) is 0 Å². The summed E-state index contributed by atoms with van der Waals surface area (Å²) in [6, 6.07) is 8.43. The van der Waals surface area contributed by atoms with Crippen molar-refractivity contribution >= 4 is 10.8 Å². The van der Waals surface area contributed by atoms with Crippen molar-refractivity contribution in [2.75, 3.05) is 7.05 Å². The molecular formula is C16H25NOS. The van der Waals surface area contributed by atoms with E-state index in [1.165, 1.54) is 6.42 Å². The van der Waals surface area contributed by atoms with Gasteiger partial charge in [0.2, 0.25) is 0 Å². The molecule has 5 unspecified atom stereocenters. The molecule has 0 saturated heterocycles. The van der Waals surface area contributed by atoms with E-state index in [0.29, 0.717) is 12.0 Å². The van der Waals surface area contributed by atoms with Gasteiger partial charge in [-0.05, 0) is 50.3 Å². The number of aryl methyl sites for hydroxylation is 1. The highest BCUT2D eigenvalue weighted by Crippen LogP contribution is 2.34. The molecule has 1 fully saturated rings. The Morgan fingerprint density at radius 2 is 1.89 bits per heavy atom. The van der Waals surface area contributed by atoms with Gasteiger partial charge < -0.3 is 5.32 Å². The Morgan fingerprint density at radius 1 is 1.21 bits per heavy atom. The van der Waals surface area contributed by atoms with Crippen LogP contribution in [-0.2, 0) is 10.8 Å². The Hall–Kier alpha value is -0.670. The first-order valence-corrected chi connectivity index (χ1v) is 8.39. The Bertz CT molecular complexity index is 460. The lowest BCUT2D eigenvalue weighted by Crippen LogP contribution is -2.48. The Kier molecular flexibility index (Phi) is 4.80. The molecule has 1 aliphatic carbocycles. The molecule has 106 valence electrons. The number of nitrogens with one attached hydrogen (secondary N) is 1. The van der Waals surface area contributed by atoms with E-state index in [4.69, 9.17) is 0 Å². The van der Waals surface area contributed by atoms with Crippen LogP contribution < -0.4 is 5.32 Å². The molecule has 2 nitrogen and oxygen atoms in total. The second-order valence-electron chi connectivity index (χ2n) is 5.98. The van der Waals surface area contributed by atoms with E-state index in [0.717, 1.165) is 22.8 Å². The largest absolute Gasteiger partial charge is 0.316 e. The van der Waals surface area contributed by atoms with E-state index in [-0.39, 0.29) is 5.25 Å². The third-order valence-electron chi connectivity index (χ3n) is 4.32. The molecule has 0 aromatic heterocycles. The van der Waals surface area contributed by atoms with Crippen molar-refractivity contribution in [2.45, 2.75) is 49.8 Å². The minimum atomic E-state index is -0.919. The van der Waals surface area contributed by atoms with E-state index in [1.807, 2.05) is 25.2 Å². The van der Waals surface area contributed by atoms with Crippen molar-refractivity contribution in [3.05, 3.63) is 29.8 Å². The maximum atomic E-state index is 13.0. The predicted octanol–water partition coefficient (Wildman–Crippen LogP) is 3.13. The van der Waals surface area contributed by atoms with E-state index < -0.39 is 10.8 Å². The van der Waals surface area contributed by atoms with Gasteiger partial charge in [-0.25, -0.2) is 0 Å². The second kappa shape index (κ2) is 6.19. The zero-order valence-corrected chi connectivity index (χ0v) is 13.2. The molecule has 3 heteroatoms. The first-order chi connectivity index (χ1) is 9.04. The molecule has 1 saturated carbocycles. The minimum Gasteiger partial charge on any atom is -0.316 e. The third kappa shape index (κ3) is 3.09. The fourth-order valence-corrected chi connectivity index (χ4v) is 5.37. The summed E-state index contributed by atoms with van der Waals surface area (Å²) in [6.07, 6.45) is 2.31. The molecule has 2 rings (SSSR count). The lowest BCUT2D eigenvalue weighted by Gasteiger charge is -2.39. The van der Waals surface area contributed by atoms with Crippen molar-refractivity contribution in [3.8, 4) is 0 Å². The molecule has 19 heavy (non-hydrogen) atoms. The first kappa shape index (κ1) is 14.7. The zero-order valence-electron chi connectivity index (χ0n) is 12.3. The van der Waals surface area contributed by atoms with Crippen LogP contribution in [-0.4, -0.2) is 22.5 Å². The van der Waals surface area contributed by atoms with Crippen LogP contribution in [0.2, 0.25) is 0 Å². The van der Waals surface area contributed by atoms with Crippen LogP contribution in [0.5, 0.6) is 0 Å². The van der Waals surface area contributed by atoms with Crippen molar-refractivity contribution < 1.29 is 4.21 Å². The number of benzene rings is 1. The maximum Gasteiger partial charge on any atom is 0.0582 e. The van der Waals surface area contributed by atoms with Crippen LogP contribution in [0, 0.1) is 18.8 Å². The Morgan fingerprint density at radius 3 is 2.53 bits per heavy atom. The minimum absolute atomic E-state index is 0.224. The normalized spacial score (nSPS) is 33.1. The lowest BCUT2D eigenvalue weighted by atomic mass is 9.80. The average molecular weight is 279 g/mol. The van der Waals surface area contributed by atoms with Crippen molar-refractivity contribution in [3.63, 3.8) is 0 Å². The zero-order chi connectivity index (χ0) is 14.0. The molecule has 5 atom stereocenters. The maximum absolute atomic E-state index is 13.0. The third-order valence-corrected chi connectivity index (χ3v) is 6.50. The summed E-state index contributed by atoms with van der Waals surface area (Å²) >= 11 is 0. The SMILES string of the molecule is CNC1CC(C)CC(C)C1S(=O)c1ccccc1C. The number of hydrogen-bond acceptors (Lipinski definition) is 2. The molecule has 0 aliphatic heterocycles. The second-order valence-corrected chi connectivity index (χ2v) is 7.56. The molecule has 1 aliphatic rings. The molecule has 0 amide bonds. The van der Waals surface area contributed by atoms with E-state index in [9.17, 15) is 4.21 Å². The summed E-state index contributed by atoms with van der Waals surface area (Å²) in [5.41, 5.74) is 1.14. The Balaban J connectivity index is 2.28. The predicted molar refractivity (Wildman–Crippen MR) is 81.8 cm³/mol. The van der Waals surface area contributed by atoms with Crippen molar-refractivity contribution in [1.82, 2.24) is 5.32 Å². The summed E-state index contributed by atoms with van der Waals surface area (Å²) < 4.78 is 13.0. The van der Waals surface area contributed by atoms with Gasteiger partial charge in [-0.3, -0.25) is 4.21 Å². The van der Waals surface area contributed by atoms with Crippen LogP contribution in [0.1, 0.15) is 32.3 Å². The molecule has 1 N–H and O–H groups in total. The highest BCUT2D eigenvalue weighted by atomic mass is 32.2. The van der Waals surface area contributed by atoms with E-state index >= 15 is 0 Å². The average Bonchev–Trinajstić information content (AvgIpc) is 2.37. The lowest BCUT2D eigenvalue weighted by molar-refractivity contribution is 0.253. The summed E-state index contributed by atoms with van der Waals surface area (Å²) in [4.78, 5) is 1.01. The van der Waals surface area contributed by atoms with Gasteiger partial charge in [0.1, 0.15) is 0 Å². The molecule has 0 heterocycles. The summed E-state index contributed by atoms with van der Waals surface area (Å²) in [5.74, 6) is 1.22. The topological polar surface area (TPSA) is 29.1 Å². The van der Waals surface area contributed by atoms with Gasteiger partial charge in [-0.15, -0.1) is 0 Å². The molecule has 0 bridgehead atoms. The van der Waals surface area contributed by atoms with Crippen LogP contribution >= 0.6 is 0 Å². The van der Waals surface area contributed by atoms with Crippen LogP contribution in [0.4, 0.5) is 0 Å². The standard InChI is InChI=1S/C16H25NOS/c1-11-9-13(3)16(14(10-11)17-4)19(18)15-8-6-5-7-12(15)2/h5-8,11,13-14,16-17H,9-10H2,1-4H3. The molecular weight excluding hydrogens is 254 g/mol. The monoisotopic (exact) mass is 279 g/mol. The van der Waals surface area contributed by atoms with Gasteiger partial charge in [0.05, 0.1) is 16.0 Å². The fourth-order valence-electron chi connectivity index (χ4n) is 3.40. The fraction of sp³-hybridized carbons (Fsp3) is 0.625. The van der Waals surface area contributed by atoms with Crippen molar-refractivity contribution in [1.29, 1.82) is 0 Å². The van der Waals surface area contributed by atoms with Gasteiger partial charge in [-0.2, -0.15) is 0 Å².